The van der Waals surface area contributed by atoms with Gasteiger partial charge in [-0.15, -0.1) is 0 Å². The summed E-state index contributed by atoms with van der Waals surface area (Å²) in [6.45, 7) is 2.49. The summed E-state index contributed by atoms with van der Waals surface area (Å²) in [5.41, 5.74) is 6.14. The first-order valence-corrected chi connectivity index (χ1v) is 7.87. The summed E-state index contributed by atoms with van der Waals surface area (Å²) < 4.78 is 19.2. The zero-order chi connectivity index (χ0) is 16.5. The molecule has 24 heavy (non-hydrogen) atoms. The van der Waals surface area contributed by atoms with Gasteiger partial charge in [-0.2, -0.15) is 0 Å². The first kappa shape index (κ1) is 14.6. The van der Waals surface area contributed by atoms with Crippen LogP contribution in [0.3, 0.4) is 0 Å². The molecule has 0 amide bonds. The smallest absolute Gasteiger partial charge is 0.131 e. The first-order valence-electron chi connectivity index (χ1n) is 7.87. The number of hydrogen-bond acceptors (Lipinski definition) is 2. The van der Waals surface area contributed by atoms with Crippen LogP contribution in [-0.2, 0) is 6.61 Å². The van der Waals surface area contributed by atoms with Crippen LogP contribution in [-0.4, -0.2) is 4.98 Å². The predicted molar refractivity (Wildman–Crippen MR) is 93.0 cm³/mol. The van der Waals surface area contributed by atoms with Gasteiger partial charge in [0.2, 0.25) is 0 Å². The van der Waals surface area contributed by atoms with Crippen molar-refractivity contribution in [1.82, 2.24) is 4.98 Å². The van der Waals surface area contributed by atoms with Gasteiger partial charge in [0, 0.05) is 17.3 Å². The van der Waals surface area contributed by atoms with E-state index in [0.29, 0.717) is 6.61 Å². The first-order chi connectivity index (χ1) is 11.7. The van der Waals surface area contributed by atoms with Gasteiger partial charge in [-0.3, -0.25) is 4.98 Å². The Kier molecular flexibility index (Phi) is 3.62. The van der Waals surface area contributed by atoms with E-state index in [1.165, 1.54) is 12.1 Å². The van der Waals surface area contributed by atoms with Gasteiger partial charge in [0.15, 0.2) is 0 Å². The van der Waals surface area contributed by atoms with Crippen molar-refractivity contribution in [3.8, 4) is 5.75 Å². The van der Waals surface area contributed by atoms with E-state index in [4.69, 9.17) is 4.74 Å². The van der Waals surface area contributed by atoms with Crippen LogP contribution in [0.2, 0.25) is 0 Å². The molecule has 0 aliphatic carbocycles. The molecule has 1 aliphatic rings. The minimum absolute atomic E-state index is 0.233. The third-order valence-corrected chi connectivity index (χ3v) is 4.33. The second-order valence-electron chi connectivity index (χ2n) is 5.79. The quantitative estimate of drug-likeness (QED) is 0.623. The number of allylic oxidation sites excluding steroid dienone is 1. The van der Waals surface area contributed by atoms with Crippen LogP contribution in [0.1, 0.15) is 29.3 Å². The van der Waals surface area contributed by atoms with Crippen molar-refractivity contribution in [3.05, 3.63) is 95.1 Å². The lowest BCUT2D eigenvalue weighted by atomic mass is 9.89. The number of aromatic nitrogens is 1. The van der Waals surface area contributed by atoms with Crippen molar-refractivity contribution in [2.24, 2.45) is 0 Å². The maximum absolute atomic E-state index is 13.3. The van der Waals surface area contributed by atoms with Crippen molar-refractivity contribution in [3.63, 3.8) is 0 Å². The maximum Gasteiger partial charge on any atom is 0.131 e. The standard InChI is InChI=1S/C21H16FNO/c1-14(15-8-10-16(22)11-9-15)21-17-6-4-12-23-19(17)13-24-20-7-3-2-5-18(20)21/h2-12H,13H2,1H3/b21-14+. The second kappa shape index (κ2) is 5.93. The summed E-state index contributed by atoms with van der Waals surface area (Å²) in [5, 5.41) is 0. The van der Waals surface area contributed by atoms with Crippen molar-refractivity contribution in [1.29, 1.82) is 0 Å². The molecule has 3 heteroatoms. The highest BCUT2D eigenvalue weighted by atomic mass is 19.1. The Balaban J connectivity index is 2.02. The summed E-state index contributed by atoms with van der Waals surface area (Å²) in [6.07, 6.45) is 1.78. The van der Waals surface area contributed by atoms with Crippen molar-refractivity contribution in [2.45, 2.75) is 13.5 Å². The molecule has 0 atom stereocenters. The largest absolute Gasteiger partial charge is 0.487 e. The lowest BCUT2D eigenvalue weighted by molar-refractivity contribution is 0.302. The number of ether oxygens (including phenoxy) is 1. The van der Waals surface area contributed by atoms with E-state index in [0.717, 1.165) is 39.3 Å². The number of pyridine rings is 1. The summed E-state index contributed by atoms with van der Waals surface area (Å²) in [4.78, 5) is 4.48. The van der Waals surface area contributed by atoms with E-state index in [1.54, 1.807) is 6.20 Å². The van der Waals surface area contributed by atoms with Gasteiger partial charge in [0.1, 0.15) is 18.2 Å². The molecule has 0 N–H and O–H groups in total. The van der Waals surface area contributed by atoms with Gasteiger partial charge in [-0.05, 0) is 47.9 Å². The number of rotatable bonds is 1. The fourth-order valence-corrected chi connectivity index (χ4v) is 3.12. The SMILES string of the molecule is C/C(=C1\c2ccccc2OCc2ncccc21)c1ccc(F)cc1. The number of halogens is 1. The maximum atomic E-state index is 13.3. The minimum atomic E-state index is -0.233. The van der Waals surface area contributed by atoms with Crippen molar-refractivity contribution >= 4 is 11.1 Å². The molecule has 2 nitrogen and oxygen atoms in total. The molecule has 0 saturated heterocycles. The van der Waals surface area contributed by atoms with E-state index < -0.39 is 0 Å². The second-order valence-corrected chi connectivity index (χ2v) is 5.79. The minimum Gasteiger partial charge on any atom is -0.487 e. The molecule has 0 bridgehead atoms. The number of benzene rings is 2. The molecule has 3 aromatic rings. The topological polar surface area (TPSA) is 22.1 Å². The molecule has 4 rings (SSSR count). The Morgan fingerprint density at radius 1 is 0.958 bits per heavy atom. The summed E-state index contributed by atoms with van der Waals surface area (Å²) in [5.74, 6) is 0.607. The number of hydrogen-bond donors (Lipinski definition) is 0. The van der Waals surface area contributed by atoms with Crippen LogP contribution in [0.4, 0.5) is 4.39 Å². The molecule has 1 aromatic heterocycles. The molecular formula is C21H16FNO. The van der Waals surface area contributed by atoms with E-state index in [9.17, 15) is 4.39 Å². The van der Waals surface area contributed by atoms with E-state index in [2.05, 4.69) is 24.0 Å². The highest BCUT2D eigenvalue weighted by molar-refractivity contribution is 6.00. The molecule has 0 spiro atoms. The number of nitrogens with zero attached hydrogens (tertiary/aromatic N) is 1. The highest BCUT2D eigenvalue weighted by Gasteiger charge is 2.21. The summed E-state index contributed by atoms with van der Waals surface area (Å²) in [6, 6.07) is 18.6. The van der Waals surface area contributed by atoms with Gasteiger partial charge < -0.3 is 4.74 Å². The van der Waals surface area contributed by atoms with Crippen LogP contribution >= 0.6 is 0 Å². The number of para-hydroxylation sites is 1. The molecule has 118 valence electrons. The zero-order valence-corrected chi connectivity index (χ0v) is 13.3. The van der Waals surface area contributed by atoms with Gasteiger partial charge in [0.05, 0.1) is 5.69 Å². The van der Waals surface area contributed by atoms with Crippen molar-refractivity contribution < 1.29 is 9.13 Å². The van der Waals surface area contributed by atoms with Crippen molar-refractivity contribution in [2.75, 3.05) is 0 Å². The molecule has 0 unspecified atom stereocenters. The van der Waals surface area contributed by atoms with Gasteiger partial charge in [0.25, 0.3) is 0 Å². The lowest BCUT2D eigenvalue weighted by Gasteiger charge is -2.14. The zero-order valence-electron chi connectivity index (χ0n) is 13.3. The molecule has 0 radical (unpaired) electrons. The predicted octanol–water partition coefficient (Wildman–Crippen LogP) is 5.09. The van der Waals surface area contributed by atoms with Crippen LogP contribution in [0.15, 0.2) is 66.9 Å². The Morgan fingerprint density at radius 2 is 1.71 bits per heavy atom. The Labute approximate surface area is 140 Å². The monoisotopic (exact) mass is 317 g/mol. The van der Waals surface area contributed by atoms with Gasteiger partial charge in [-0.1, -0.05) is 36.4 Å². The third-order valence-electron chi connectivity index (χ3n) is 4.33. The molecular weight excluding hydrogens is 301 g/mol. The Bertz CT molecular complexity index is 879. The van der Waals surface area contributed by atoms with Crippen LogP contribution in [0.25, 0.3) is 11.1 Å². The van der Waals surface area contributed by atoms with Crippen LogP contribution in [0, 0.1) is 5.82 Å². The number of fused-ring (bicyclic) bond motifs is 2. The average Bonchev–Trinajstić information content (AvgIpc) is 2.79. The third kappa shape index (κ3) is 2.48. The fraction of sp³-hybridized carbons (Fsp3) is 0.0952. The fourth-order valence-electron chi connectivity index (χ4n) is 3.12. The van der Waals surface area contributed by atoms with Crippen LogP contribution in [0.5, 0.6) is 5.75 Å². The molecule has 0 saturated carbocycles. The normalized spacial score (nSPS) is 14.9. The van der Waals surface area contributed by atoms with Gasteiger partial charge >= 0.3 is 0 Å². The molecule has 1 aliphatic heterocycles. The van der Waals surface area contributed by atoms with E-state index in [-0.39, 0.29) is 5.82 Å². The van der Waals surface area contributed by atoms with E-state index >= 15 is 0 Å². The average molecular weight is 317 g/mol. The molecule has 2 heterocycles. The Morgan fingerprint density at radius 3 is 2.54 bits per heavy atom. The Hall–Kier alpha value is -2.94. The lowest BCUT2D eigenvalue weighted by Crippen LogP contribution is -1.99. The molecule has 2 aromatic carbocycles. The highest BCUT2D eigenvalue weighted by Crippen LogP contribution is 2.40. The molecule has 0 fully saturated rings. The van der Waals surface area contributed by atoms with Gasteiger partial charge in [-0.25, -0.2) is 4.39 Å². The van der Waals surface area contributed by atoms with Crippen LogP contribution < -0.4 is 4.74 Å². The summed E-state index contributed by atoms with van der Waals surface area (Å²) >= 11 is 0. The van der Waals surface area contributed by atoms with E-state index in [1.807, 2.05) is 36.4 Å². The summed E-state index contributed by atoms with van der Waals surface area (Å²) in [7, 11) is 0.